The van der Waals surface area contributed by atoms with Crippen LogP contribution < -0.4 is 10.6 Å². The number of hydrogen-bond donors (Lipinski definition) is 2. The van der Waals surface area contributed by atoms with E-state index in [4.69, 9.17) is 0 Å². The van der Waals surface area contributed by atoms with E-state index in [9.17, 15) is 14.4 Å². The van der Waals surface area contributed by atoms with Crippen molar-refractivity contribution in [3.8, 4) is 0 Å². The van der Waals surface area contributed by atoms with Gasteiger partial charge in [-0.15, -0.1) is 0 Å². The molecular weight excluding hydrogens is 256 g/mol. The van der Waals surface area contributed by atoms with Crippen LogP contribution in [0.4, 0.5) is 11.4 Å². The zero-order valence-corrected chi connectivity index (χ0v) is 10.3. The molecule has 0 atom stereocenters. The number of amides is 2. The first-order valence-corrected chi connectivity index (χ1v) is 6.01. The molecule has 0 unspecified atom stereocenters. The molecule has 0 bridgehead atoms. The van der Waals surface area contributed by atoms with Crippen LogP contribution in [-0.2, 0) is 4.79 Å². The zero-order chi connectivity index (χ0) is 14.1. The van der Waals surface area contributed by atoms with Crippen molar-refractivity contribution >= 4 is 29.0 Å². The summed E-state index contributed by atoms with van der Waals surface area (Å²) in [6.45, 7) is 0. The van der Waals surface area contributed by atoms with Crippen LogP contribution in [0.3, 0.4) is 0 Å². The molecule has 0 radical (unpaired) electrons. The number of carbonyl (C=O) groups is 3. The lowest BCUT2D eigenvalue weighted by molar-refractivity contribution is -0.112. The molecule has 1 heterocycles. The molecule has 3 rings (SSSR count). The molecule has 2 aromatic carbocycles. The molecule has 0 spiro atoms. The molecule has 2 N–H and O–H groups in total. The molecule has 0 fully saturated rings. The van der Waals surface area contributed by atoms with Gasteiger partial charge in [0.1, 0.15) is 0 Å². The maximum absolute atomic E-state index is 12.0. The number of anilines is 2. The van der Waals surface area contributed by atoms with E-state index in [-0.39, 0.29) is 11.5 Å². The maximum atomic E-state index is 12.0. The van der Waals surface area contributed by atoms with Gasteiger partial charge in [-0.25, -0.2) is 0 Å². The highest BCUT2D eigenvalue weighted by molar-refractivity contribution is 6.51. The molecule has 0 aromatic heterocycles. The normalized spacial score (nSPS) is 12.8. The van der Waals surface area contributed by atoms with E-state index in [1.54, 1.807) is 36.4 Å². The highest BCUT2D eigenvalue weighted by Crippen LogP contribution is 2.26. The van der Waals surface area contributed by atoms with Gasteiger partial charge < -0.3 is 10.6 Å². The van der Waals surface area contributed by atoms with Crippen molar-refractivity contribution < 1.29 is 14.4 Å². The van der Waals surface area contributed by atoms with Gasteiger partial charge in [-0.3, -0.25) is 14.4 Å². The summed E-state index contributed by atoms with van der Waals surface area (Å²) in [5.74, 6) is -1.50. The Labute approximate surface area is 114 Å². The largest absolute Gasteiger partial charge is 0.322 e. The van der Waals surface area contributed by atoms with E-state index in [1.165, 1.54) is 6.07 Å². The minimum atomic E-state index is -0.647. The smallest absolute Gasteiger partial charge is 0.296 e. The Morgan fingerprint density at radius 2 is 1.75 bits per heavy atom. The fourth-order valence-corrected chi connectivity index (χ4v) is 2.01. The summed E-state index contributed by atoms with van der Waals surface area (Å²) in [4.78, 5) is 34.8. The van der Waals surface area contributed by atoms with Crippen molar-refractivity contribution in [3.05, 3.63) is 59.7 Å². The number of fused-ring (bicyclic) bond motifs is 1. The fraction of sp³-hybridized carbons (Fsp3) is 0. The monoisotopic (exact) mass is 266 g/mol. The van der Waals surface area contributed by atoms with Gasteiger partial charge in [-0.2, -0.15) is 0 Å². The Balaban J connectivity index is 1.85. The number of hydrogen-bond acceptors (Lipinski definition) is 3. The Kier molecular flexibility index (Phi) is 2.80. The lowest BCUT2D eigenvalue weighted by atomic mass is 10.1. The van der Waals surface area contributed by atoms with Gasteiger partial charge in [0.25, 0.3) is 17.6 Å². The van der Waals surface area contributed by atoms with Crippen LogP contribution in [-0.4, -0.2) is 17.6 Å². The van der Waals surface area contributed by atoms with Crippen LogP contribution in [0.2, 0.25) is 0 Å². The molecule has 2 aromatic rings. The Hall–Kier alpha value is -2.95. The first-order valence-electron chi connectivity index (χ1n) is 6.01. The third-order valence-corrected chi connectivity index (χ3v) is 3.01. The third-order valence-electron chi connectivity index (χ3n) is 3.01. The van der Waals surface area contributed by atoms with Gasteiger partial charge in [0.2, 0.25) is 0 Å². The minimum absolute atomic E-state index is 0.268. The zero-order valence-electron chi connectivity index (χ0n) is 10.3. The lowest BCUT2D eigenvalue weighted by Gasteiger charge is -2.06. The van der Waals surface area contributed by atoms with Crippen molar-refractivity contribution in [2.75, 3.05) is 10.6 Å². The van der Waals surface area contributed by atoms with Gasteiger partial charge in [0.15, 0.2) is 0 Å². The molecule has 5 nitrogen and oxygen atoms in total. The van der Waals surface area contributed by atoms with Gasteiger partial charge in [0.05, 0.1) is 11.3 Å². The second-order valence-electron chi connectivity index (χ2n) is 4.36. The van der Waals surface area contributed by atoms with Gasteiger partial charge in [-0.05, 0) is 30.3 Å². The van der Waals surface area contributed by atoms with Crippen molar-refractivity contribution in [2.45, 2.75) is 0 Å². The SMILES string of the molecule is O=C1Nc2ccc(NC(=O)c3ccccc3)cc2C1=O. The summed E-state index contributed by atoms with van der Waals surface area (Å²) < 4.78 is 0. The average molecular weight is 266 g/mol. The number of nitrogens with one attached hydrogen (secondary N) is 2. The van der Waals surface area contributed by atoms with Gasteiger partial charge in [-0.1, -0.05) is 18.2 Å². The van der Waals surface area contributed by atoms with Crippen molar-refractivity contribution in [1.29, 1.82) is 0 Å². The third kappa shape index (κ3) is 2.05. The molecule has 1 aliphatic rings. The summed E-state index contributed by atoms with van der Waals surface area (Å²) in [5.41, 5.74) is 1.74. The first-order chi connectivity index (χ1) is 9.65. The fourth-order valence-electron chi connectivity index (χ4n) is 2.01. The van der Waals surface area contributed by atoms with Crippen LogP contribution in [0.25, 0.3) is 0 Å². The molecule has 5 heteroatoms. The van der Waals surface area contributed by atoms with E-state index in [0.29, 0.717) is 16.9 Å². The van der Waals surface area contributed by atoms with E-state index < -0.39 is 11.7 Å². The highest BCUT2D eigenvalue weighted by Gasteiger charge is 2.28. The summed E-state index contributed by atoms with van der Waals surface area (Å²) in [6.07, 6.45) is 0. The Bertz CT molecular complexity index is 723. The second-order valence-corrected chi connectivity index (χ2v) is 4.36. The molecule has 0 aliphatic carbocycles. The summed E-state index contributed by atoms with van der Waals surface area (Å²) in [5, 5.41) is 5.15. The predicted molar refractivity (Wildman–Crippen MR) is 73.8 cm³/mol. The van der Waals surface area contributed by atoms with Crippen LogP contribution in [0.15, 0.2) is 48.5 Å². The van der Waals surface area contributed by atoms with Gasteiger partial charge in [0, 0.05) is 11.3 Å². The van der Waals surface area contributed by atoms with Gasteiger partial charge >= 0.3 is 0 Å². The minimum Gasteiger partial charge on any atom is -0.322 e. The average Bonchev–Trinajstić information content (AvgIpc) is 2.75. The molecular formula is C15H10N2O3. The predicted octanol–water partition coefficient (Wildman–Crippen LogP) is 2.07. The molecule has 1 aliphatic heterocycles. The van der Waals surface area contributed by atoms with Crippen molar-refractivity contribution in [2.24, 2.45) is 0 Å². The number of benzene rings is 2. The molecule has 2 amide bonds. The molecule has 0 saturated heterocycles. The standard InChI is InChI=1S/C15H10N2O3/c18-13-11-8-10(6-7-12(11)17-15(13)20)16-14(19)9-4-2-1-3-5-9/h1-8H,(H,16,19)(H,17,18,20). The quantitative estimate of drug-likeness (QED) is 0.817. The van der Waals surface area contributed by atoms with E-state index >= 15 is 0 Å². The van der Waals surface area contributed by atoms with Crippen molar-refractivity contribution in [3.63, 3.8) is 0 Å². The molecule has 98 valence electrons. The van der Waals surface area contributed by atoms with Crippen LogP contribution in [0, 0.1) is 0 Å². The maximum Gasteiger partial charge on any atom is 0.296 e. The first kappa shape index (κ1) is 12.1. The Morgan fingerprint density at radius 3 is 2.50 bits per heavy atom. The second kappa shape index (κ2) is 4.62. The number of Topliss-reactive ketones (excluding diaryl/α,β-unsaturated/α-hetero) is 1. The van der Waals surface area contributed by atoms with E-state index in [2.05, 4.69) is 10.6 Å². The Morgan fingerprint density at radius 1 is 1.00 bits per heavy atom. The number of rotatable bonds is 2. The van der Waals surface area contributed by atoms with E-state index in [1.807, 2.05) is 6.07 Å². The summed E-state index contributed by atoms with van der Waals surface area (Å²) in [6, 6.07) is 13.5. The number of ketones is 1. The van der Waals surface area contributed by atoms with Crippen LogP contribution in [0.5, 0.6) is 0 Å². The highest BCUT2D eigenvalue weighted by atomic mass is 16.2. The molecule has 0 saturated carbocycles. The lowest BCUT2D eigenvalue weighted by Crippen LogP contribution is -2.13. The van der Waals surface area contributed by atoms with Crippen LogP contribution >= 0.6 is 0 Å². The molecule has 20 heavy (non-hydrogen) atoms. The van der Waals surface area contributed by atoms with E-state index in [0.717, 1.165) is 0 Å². The number of carbonyl (C=O) groups excluding carboxylic acids is 3. The summed E-state index contributed by atoms with van der Waals surface area (Å²) >= 11 is 0. The summed E-state index contributed by atoms with van der Waals surface area (Å²) in [7, 11) is 0. The topological polar surface area (TPSA) is 75.3 Å². The van der Waals surface area contributed by atoms with Crippen LogP contribution in [0.1, 0.15) is 20.7 Å². The van der Waals surface area contributed by atoms with Crippen molar-refractivity contribution in [1.82, 2.24) is 0 Å².